The van der Waals surface area contributed by atoms with E-state index >= 15 is 0 Å². The summed E-state index contributed by atoms with van der Waals surface area (Å²) in [6, 6.07) is 12.7. The van der Waals surface area contributed by atoms with E-state index in [4.69, 9.17) is 11.6 Å². The van der Waals surface area contributed by atoms with Crippen molar-refractivity contribution in [1.29, 1.82) is 0 Å². The van der Waals surface area contributed by atoms with E-state index in [1.165, 1.54) is 10.4 Å². The minimum atomic E-state index is 0.214. The van der Waals surface area contributed by atoms with Crippen molar-refractivity contribution in [3.8, 4) is 0 Å². The molecule has 0 amide bonds. The summed E-state index contributed by atoms with van der Waals surface area (Å²) in [5.74, 6) is 0.819. The maximum absolute atomic E-state index is 5.98. The fraction of sp³-hybridized carbons (Fsp3) is 0.200. The monoisotopic (exact) mass is 316 g/mol. The number of aromatic nitrogens is 3. The molecule has 4 nitrogen and oxygen atoms in total. The van der Waals surface area contributed by atoms with Gasteiger partial charge in [0.25, 0.3) is 0 Å². The predicted octanol–water partition coefficient (Wildman–Crippen LogP) is 4.14. The molecule has 2 aromatic heterocycles. The van der Waals surface area contributed by atoms with Gasteiger partial charge in [-0.1, -0.05) is 29.8 Å². The van der Waals surface area contributed by atoms with E-state index in [1.807, 2.05) is 16.8 Å². The van der Waals surface area contributed by atoms with E-state index in [-0.39, 0.29) is 12.1 Å². The number of rotatable bonds is 2. The SMILES string of the molecule is Clc1ccc([C@@H]2C[C@H](c3cccs3)n3ncnc3N2)cc1. The smallest absolute Gasteiger partial charge is 0.222 e. The molecule has 1 N–H and O–H groups in total. The van der Waals surface area contributed by atoms with Crippen molar-refractivity contribution >= 4 is 28.9 Å². The van der Waals surface area contributed by atoms with Gasteiger partial charge in [0.15, 0.2) is 0 Å². The largest absolute Gasteiger partial charge is 0.348 e. The zero-order valence-electron chi connectivity index (χ0n) is 11.1. The summed E-state index contributed by atoms with van der Waals surface area (Å²) in [6.07, 6.45) is 2.55. The zero-order chi connectivity index (χ0) is 14.2. The van der Waals surface area contributed by atoms with Crippen molar-refractivity contribution in [1.82, 2.24) is 14.8 Å². The van der Waals surface area contributed by atoms with Crippen LogP contribution in [0.1, 0.15) is 28.9 Å². The van der Waals surface area contributed by atoms with Crippen molar-refractivity contribution in [3.63, 3.8) is 0 Å². The third-order valence-electron chi connectivity index (χ3n) is 3.77. The maximum Gasteiger partial charge on any atom is 0.222 e. The average molecular weight is 317 g/mol. The summed E-state index contributed by atoms with van der Waals surface area (Å²) in [6.45, 7) is 0. The second-order valence-corrected chi connectivity index (χ2v) is 6.46. The van der Waals surface area contributed by atoms with Gasteiger partial charge in [-0.05, 0) is 35.6 Å². The van der Waals surface area contributed by atoms with Gasteiger partial charge in [0.1, 0.15) is 6.33 Å². The van der Waals surface area contributed by atoms with Gasteiger partial charge >= 0.3 is 0 Å². The number of anilines is 1. The Morgan fingerprint density at radius 1 is 1.24 bits per heavy atom. The second kappa shape index (κ2) is 5.16. The molecule has 4 rings (SSSR count). The molecule has 3 heterocycles. The van der Waals surface area contributed by atoms with Crippen LogP contribution in [-0.2, 0) is 0 Å². The summed E-state index contributed by atoms with van der Waals surface area (Å²) in [4.78, 5) is 5.64. The number of benzene rings is 1. The van der Waals surface area contributed by atoms with Crippen molar-refractivity contribution in [2.45, 2.75) is 18.5 Å². The number of hydrogen-bond acceptors (Lipinski definition) is 4. The molecular weight excluding hydrogens is 304 g/mol. The summed E-state index contributed by atoms with van der Waals surface area (Å²) in [7, 11) is 0. The minimum Gasteiger partial charge on any atom is -0.348 e. The molecule has 0 unspecified atom stereocenters. The van der Waals surface area contributed by atoms with Crippen LogP contribution in [0.5, 0.6) is 0 Å². The van der Waals surface area contributed by atoms with E-state index in [2.05, 4.69) is 45.0 Å². The Morgan fingerprint density at radius 2 is 2.10 bits per heavy atom. The minimum absolute atomic E-state index is 0.214. The summed E-state index contributed by atoms with van der Waals surface area (Å²) < 4.78 is 1.97. The van der Waals surface area contributed by atoms with Crippen LogP contribution >= 0.6 is 22.9 Å². The van der Waals surface area contributed by atoms with E-state index in [0.717, 1.165) is 17.4 Å². The van der Waals surface area contributed by atoms with Gasteiger partial charge in [-0.25, -0.2) is 4.68 Å². The fourth-order valence-electron chi connectivity index (χ4n) is 2.75. The molecular formula is C15H13ClN4S. The number of thiophene rings is 1. The molecule has 1 aliphatic rings. The van der Waals surface area contributed by atoms with Gasteiger partial charge in [0.2, 0.25) is 5.95 Å². The van der Waals surface area contributed by atoms with E-state index in [0.29, 0.717) is 0 Å². The maximum atomic E-state index is 5.98. The standard InChI is InChI=1S/C15H13ClN4S/c16-11-5-3-10(4-6-11)12-8-13(14-2-1-7-21-14)20-15(19-12)17-9-18-20/h1-7,9,12-13H,8H2,(H,17,18,19)/t12-,13+/m0/s1. The first-order valence-corrected chi connectivity index (χ1v) is 8.02. The van der Waals surface area contributed by atoms with Gasteiger partial charge in [-0.2, -0.15) is 10.1 Å². The number of halogens is 1. The molecule has 0 spiro atoms. The molecule has 1 aliphatic heterocycles. The molecule has 0 fully saturated rings. The van der Waals surface area contributed by atoms with Crippen LogP contribution < -0.4 is 5.32 Å². The number of fused-ring (bicyclic) bond motifs is 1. The Labute approximate surface area is 131 Å². The number of nitrogens with one attached hydrogen (secondary N) is 1. The highest BCUT2D eigenvalue weighted by atomic mass is 35.5. The highest BCUT2D eigenvalue weighted by Gasteiger charge is 2.30. The Balaban J connectivity index is 1.72. The molecule has 6 heteroatoms. The quantitative estimate of drug-likeness (QED) is 0.772. The fourth-order valence-corrected chi connectivity index (χ4v) is 3.70. The lowest BCUT2D eigenvalue weighted by Gasteiger charge is -2.31. The third kappa shape index (κ3) is 2.32. The highest BCUT2D eigenvalue weighted by Crippen LogP contribution is 2.38. The van der Waals surface area contributed by atoms with Crippen LogP contribution in [0.3, 0.4) is 0 Å². The molecule has 0 saturated carbocycles. The Morgan fingerprint density at radius 3 is 2.86 bits per heavy atom. The lowest BCUT2D eigenvalue weighted by Crippen LogP contribution is -2.27. The summed E-state index contributed by atoms with van der Waals surface area (Å²) in [5, 5.41) is 10.7. The lowest BCUT2D eigenvalue weighted by molar-refractivity contribution is 0.436. The van der Waals surface area contributed by atoms with E-state index < -0.39 is 0 Å². The first kappa shape index (κ1) is 12.9. The number of nitrogens with zero attached hydrogens (tertiary/aromatic N) is 3. The predicted molar refractivity (Wildman–Crippen MR) is 84.9 cm³/mol. The van der Waals surface area contributed by atoms with Crippen LogP contribution in [-0.4, -0.2) is 14.8 Å². The van der Waals surface area contributed by atoms with E-state index in [9.17, 15) is 0 Å². The zero-order valence-corrected chi connectivity index (χ0v) is 12.7. The first-order chi connectivity index (χ1) is 10.3. The Hall–Kier alpha value is -1.85. The summed E-state index contributed by atoms with van der Waals surface area (Å²) >= 11 is 7.74. The van der Waals surface area contributed by atoms with Crippen LogP contribution in [0.4, 0.5) is 5.95 Å². The Kier molecular flexibility index (Phi) is 3.16. The van der Waals surface area contributed by atoms with Crippen LogP contribution in [0.25, 0.3) is 0 Å². The van der Waals surface area contributed by atoms with Crippen molar-refractivity contribution < 1.29 is 0 Å². The lowest BCUT2D eigenvalue weighted by atomic mass is 9.97. The van der Waals surface area contributed by atoms with Crippen LogP contribution in [0.15, 0.2) is 48.1 Å². The summed E-state index contributed by atoms with van der Waals surface area (Å²) in [5.41, 5.74) is 1.22. The van der Waals surface area contributed by atoms with Crippen LogP contribution in [0, 0.1) is 0 Å². The second-order valence-electron chi connectivity index (χ2n) is 5.04. The molecule has 3 aromatic rings. The van der Waals surface area contributed by atoms with Gasteiger partial charge in [0.05, 0.1) is 12.1 Å². The average Bonchev–Trinajstić information content (AvgIpc) is 3.18. The molecule has 0 radical (unpaired) electrons. The third-order valence-corrected chi connectivity index (χ3v) is 5.00. The topological polar surface area (TPSA) is 42.7 Å². The first-order valence-electron chi connectivity index (χ1n) is 6.76. The highest BCUT2D eigenvalue weighted by molar-refractivity contribution is 7.10. The van der Waals surface area contributed by atoms with Gasteiger partial charge in [-0.3, -0.25) is 0 Å². The van der Waals surface area contributed by atoms with Gasteiger partial charge in [-0.15, -0.1) is 11.3 Å². The molecule has 21 heavy (non-hydrogen) atoms. The molecule has 2 atom stereocenters. The van der Waals surface area contributed by atoms with Crippen molar-refractivity contribution in [2.24, 2.45) is 0 Å². The molecule has 1 aromatic carbocycles. The molecule has 106 valence electrons. The normalized spacial score (nSPS) is 20.8. The van der Waals surface area contributed by atoms with Crippen molar-refractivity contribution in [2.75, 3.05) is 5.32 Å². The van der Waals surface area contributed by atoms with E-state index in [1.54, 1.807) is 17.7 Å². The number of hydrogen-bond donors (Lipinski definition) is 1. The van der Waals surface area contributed by atoms with Gasteiger partial charge in [0, 0.05) is 9.90 Å². The molecule has 0 saturated heterocycles. The van der Waals surface area contributed by atoms with Gasteiger partial charge < -0.3 is 5.32 Å². The van der Waals surface area contributed by atoms with Crippen LogP contribution in [0.2, 0.25) is 5.02 Å². The van der Waals surface area contributed by atoms with Crippen molar-refractivity contribution in [3.05, 3.63) is 63.6 Å². The Bertz CT molecular complexity index is 735. The molecule has 0 aliphatic carbocycles. The molecule has 0 bridgehead atoms.